The topological polar surface area (TPSA) is 52.6 Å². The van der Waals surface area contributed by atoms with Gasteiger partial charge in [0, 0.05) is 6.42 Å². The molecule has 2 aromatic rings. The van der Waals surface area contributed by atoms with Crippen LogP contribution in [-0.2, 0) is 27.1 Å². The van der Waals surface area contributed by atoms with Crippen molar-refractivity contribution in [3.05, 3.63) is 59.2 Å². The summed E-state index contributed by atoms with van der Waals surface area (Å²) < 4.78 is 34.7. The van der Waals surface area contributed by atoms with Gasteiger partial charge in [0.15, 0.2) is 0 Å². The van der Waals surface area contributed by atoms with Crippen molar-refractivity contribution >= 4 is 10.1 Å². The molecule has 0 unspecified atom stereocenters. The van der Waals surface area contributed by atoms with E-state index in [0.717, 1.165) is 29.9 Å². The van der Waals surface area contributed by atoms with Crippen LogP contribution in [0.15, 0.2) is 47.4 Å². The molecule has 0 aromatic heterocycles. The van der Waals surface area contributed by atoms with Gasteiger partial charge in [-0.2, -0.15) is 8.42 Å². The van der Waals surface area contributed by atoms with Gasteiger partial charge in [-0.3, -0.25) is 4.18 Å². The molecule has 4 nitrogen and oxygen atoms in total. The van der Waals surface area contributed by atoms with E-state index in [1.54, 1.807) is 24.3 Å². The molecule has 0 radical (unpaired) electrons. The summed E-state index contributed by atoms with van der Waals surface area (Å²) in [6, 6.07) is 12.6. The van der Waals surface area contributed by atoms with Crippen LogP contribution in [0.2, 0.25) is 0 Å². The summed E-state index contributed by atoms with van der Waals surface area (Å²) in [5.74, 6) is 0.928. The predicted molar refractivity (Wildman–Crippen MR) is 83.7 cm³/mol. The molecule has 1 heterocycles. The fourth-order valence-corrected chi connectivity index (χ4v) is 3.35. The molecule has 3 rings (SSSR count). The monoisotopic (exact) mass is 318 g/mol. The average molecular weight is 318 g/mol. The fourth-order valence-electron chi connectivity index (χ4n) is 2.44. The molecule has 5 heteroatoms. The van der Waals surface area contributed by atoms with E-state index >= 15 is 0 Å². The van der Waals surface area contributed by atoms with Gasteiger partial charge >= 0.3 is 0 Å². The van der Waals surface area contributed by atoms with Gasteiger partial charge in [-0.15, -0.1) is 0 Å². The Balaban J connectivity index is 1.61. The number of hydrogen-bond acceptors (Lipinski definition) is 4. The summed E-state index contributed by atoms with van der Waals surface area (Å²) >= 11 is 0. The second-order valence-corrected chi connectivity index (χ2v) is 7.00. The highest BCUT2D eigenvalue weighted by molar-refractivity contribution is 7.86. The zero-order valence-corrected chi connectivity index (χ0v) is 13.2. The standard InChI is InChI=1S/C17H18O4S/c1-13-2-5-16(6-3-13)22(18,19)21-11-8-14-4-7-17-15(12-14)9-10-20-17/h2-7,12H,8-11H2,1H3. The lowest BCUT2D eigenvalue weighted by Crippen LogP contribution is -2.09. The van der Waals surface area contributed by atoms with Crippen molar-refractivity contribution in [3.63, 3.8) is 0 Å². The van der Waals surface area contributed by atoms with Crippen LogP contribution in [0.5, 0.6) is 5.75 Å². The number of benzene rings is 2. The van der Waals surface area contributed by atoms with Crippen LogP contribution in [-0.4, -0.2) is 21.6 Å². The van der Waals surface area contributed by atoms with Crippen LogP contribution in [0.25, 0.3) is 0 Å². The Kier molecular flexibility index (Phi) is 4.18. The van der Waals surface area contributed by atoms with Crippen LogP contribution in [0.1, 0.15) is 16.7 Å². The molecular formula is C17H18O4S. The highest BCUT2D eigenvalue weighted by atomic mass is 32.2. The molecule has 0 aliphatic carbocycles. The fraction of sp³-hybridized carbons (Fsp3) is 0.294. The summed E-state index contributed by atoms with van der Waals surface area (Å²) in [6.45, 7) is 2.77. The summed E-state index contributed by atoms with van der Waals surface area (Å²) in [4.78, 5) is 0.195. The van der Waals surface area contributed by atoms with E-state index < -0.39 is 10.1 Å². The van der Waals surface area contributed by atoms with Crippen LogP contribution < -0.4 is 4.74 Å². The van der Waals surface area contributed by atoms with Crippen molar-refractivity contribution < 1.29 is 17.3 Å². The minimum absolute atomic E-state index is 0.135. The van der Waals surface area contributed by atoms with Crippen molar-refractivity contribution in [1.29, 1.82) is 0 Å². The van der Waals surface area contributed by atoms with Gasteiger partial charge in [-0.1, -0.05) is 29.8 Å². The molecule has 0 N–H and O–H groups in total. The van der Waals surface area contributed by atoms with E-state index in [1.807, 2.05) is 19.1 Å². The Morgan fingerprint density at radius 3 is 2.68 bits per heavy atom. The summed E-state index contributed by atoms with van der Waals surface area (Å²) in [5.41, 5.74) is 3.25. The minimum atomic E-state index is -3.68. The van der Waals surface area contributed by atoms with Gasteiger partial charge in [0.25, 0.3) is 10.1 Å². The average Bonchev–Trinajstić information content (AvgIpc) is 2.95. The third kappa shape index (κ3) is 3.31. The Morgan fingerprint density at radius 2 is 1.91 bits per heavy atom. The molecule has 116 valence electrons. The molecule has 0 spiro atoms. The first-order valence-corrected chi connectivity index (χ1v) is 8.66. The van der Waals surface area contributed by atoms with Crippen molar-refractivity contribution in [1.82, 2.24) is 0 Å². The van der Waals surface area contributed by atoms with E-state index in [-0.39, 0.29) is 11.5 Å². The van der Waals surface area contributed by atoms with Crippen molar-refractivity contribution in [3.8, 4) is 5.75 Å². The van der Waals surface area contributed by atoms with Gasteiger partial charge in [-0.05, 0) is 42.7 Å². The molecule has 0 fully saturated rings. The van der Waals surface area contributed by atoms with Crippen LogP contribution in [0.3, 0.4) is 0 Å². The minimum Gasteiger partial charge on any atom is -0.493 e. The summed E-state index contributed by atoms with van der Waals surface area (Å²) in [6.07, 6.45) is 1.46. The highest BCUT2D eigenvalue weighted by Crippen LogP contribution is 2.26. The first-order chi connectivity index (χ1) is 10.5. The van der Waals surface area contributed by atoms with Gasteiger partial charge in [0.1, 0.15) is 5.75 Å². The van der Waals surface area contributed by atoms with E-state index in [2.05, 4.69) is 6.07 Å². The maximum atomic E-state index is 12.1. The Morgan fingerprint density at radius 1 is 1.14 bits per heavy atom. The Bertz CT molecular complexity index is 764. The third-order valence-corrected chi connectivity index (χ3v) is 5.02. The first kappa shape index (κ1) is 15.1. The molecule has 2 aromatic carbocycles. The Labute approximate surface area is 130 Å². The van der Waals surface area contributed by atoms with Gasteiger partial charge in [-0.25, -0.2) is 0 Å². The Hall–Kier alpha value is -1.85. The first-order valence-electron chi connectivity index (χ1n) is 7.25. The van der Waals surface area contributed by atoms with Crippen LogP contribution >= 0.6 is 0 Å². The maximum absolute atomic E-state index is 12.1. The lowest BCUT2D eigenvalue weighted by atomic mass is 10.1. The molecule has 1 aliphatic rings. The van der Waals surface area contributed by atoms with Crippen LogP contribution in [0.4, 0.5) is 0 Å². The number of ether oxygens (including phenoxy) is 1. The van der Waals surface area contributed by atoms with E-state index in [0.29, 0.717) is 6.42 Å². The van der Waals surface area contributed by atoms with Gasteiger partial charge in [0.05, 0.1) is 18.1 Å². The predicted octanol–water partition coefficient (Wildman–Crippen LogP) is 2.88. The normalized spacial score (nSPS) is 13.7. The largest absolute Gasteiger partial charge is 0.493 e. The quantitative estimate of drug-likeness (QED) is 0.796. The van der Waals surface area contributed by atoms with Crippen LogP contribution in [0, 0.1) is 6.92 Å². The van der Waals surface area contributed by atoms with E-state index in [9.17, 15) is 8.42 Å². The molecule has 0 atom stereocenters. The molecule has 0 saturated heterocycles. The molecule has 1 aliphatic heterocycles. The molecule has 0 bridgehead atoms. The molecule has 0 amide bonds. The highest BCUT2D eigenvalue weighted by Gasteiger charge is 2.15. The lowest BCUT2D eigenvalue weighted by molar-refractivity contribution is 0.322. The smallest absolute Gasteiger partial charge is 0.296 e. The third-order valence-electron chi connectivity index (χ3n) is 3.69. The van der Waals surface area contributed by atoms with Gasteiger partial charge < -0.3 is 4.74 Å². The maximum Gasteiger partial charge on any atom is 0.296 e. The number of hydrogen-bond donors (Lipinski definition) is 0. The SMILES string of the molecule is Cc1ccc(S(=O)(=O)OCCc2ccc3c(c2)CCO3)cc1. The molecular weight excluding hydrogens is 300 g/mol. The van der Waals surface area contributed by atoms with E-state index in [4.69, 9.17) is 8.92 Å². The lowest BCUT2D eigenvalue weighted by Gasteiger charge is -2.07. The molecule has 0 saturated carbocycles. The van der Waals surface area contributed by atoms with Crippen molar-refractivity contribution in [2.24, 2.45) is 0 Å². The second kappa shape index (κ2) is 6.10. The number of aryl methyl sites for hydroxylation is 1. The number of rotatable bonds is 5. The molecule has 22 heavy (non-hydrogen) atoms. The summed E-state index contributed by atoms with van der Waals surface area (Å²) in [7, 11) is -3.68. The summed E-state index contributed by atoms with van der Waals surface area (Å²) in [5, 5.41) is 0. The second-order valence-electron chi connectivity index (χ2n) is 5.38. The van der Waals surface area contributed by atoms with Crippen molar-refractivity contribution in [2.75, 3.05) is 13.2 Å². The van der Waals surface area contributed by atoms with Crippen molar-refractivity contribution in [2.45, 2.75) is 24.7 Å². The zero-order chi connectivity index (χ0) is 15.6. The van der Waals surface area contributed by atoms with Gasteiger partial charge in [0.2, 0.25) is 0 Å². The van der Waals surface area contributed by atoms with E-state index in [1.165, 1.54) is 5.56 Å². The number of fused-ring (bicyclic) bond motifs is 1. The zero-order valence-electron chi connectivity index (χ0n) is 12.4.